The first-order chi connectivity index (χ1) is 17.8. The Morgan fingerprint density at radius 1 is 1.22 bits per heavy atom. The number of nitrogens with zero attached hydrogens (tertiary/aromatic N) is 4. The van der Waals surface area contributed by atoms with Crippen molar-refractivity contribution in [2.45, 2.75) is 50.0 Å². The molecule has 4 heterocycles. The van der Waals surface area contributed by atoms with E-state index in [2.05, 4.69) is 18.1 Å². The molecule has 6 atom stereocenters. The summed E-state index contributed by atoms with van der Waals surface area (Å²) in [6.45, 7) is 14.0. The van der Waals surface area contributed by atoms with Gasteiger partial charge in [0.15, 0.2) is 0 Å². The quantitative estimate of drug-likeness (QED) is 0.366. The van der Waals surface area contributed by atoms with Gasteiger partial charge in [-0.3, -0.25) is 19.3 Å². The van der Waals surface area contributed by atoms with Gasteiger partial charge in [0.25, 0.3) is 0 Å². The zero-order valence-electron chi connectivity index (χ0n) is 22.2. The zero-order valence-corrected chi connectivity index (χ0v) is 22.2. The number of ether oxygens (including phenoxy) is 2. The maximum Gasteiger partial charge on any atom is 0.248 e. The fraction of sp³-hybridized carbons (Fsp3) is 0.741. The van der Waals surface area contributed by atoms with Gasteiger partial charge in [0.05, 0.1) is 43.8 Å². The van der Waals surface area contributed by atoms with Crippen molar-refractivity contribution in [3.8, 4) is 0 Å². The molecule has 206 valence electrons. The molecule has 4 rings (SSSR count). The summed E-state index contributed by atoms with van der Waals surface area (Å²) in [6.07, 6.45) is 4.58. The number of fused-ring (bicyclic) bond motifs is 1. The number of aliphatic hydroxyl groups is 1. The molecule has 0 aromatic carbocycles. The first-order valence-corrected chi connectivity index (χ1v) is 13.5. The smallest absolute Gasteiger partial charge is 0.248 e. The lowest BCUT2D eigenvalue weighted by molar-refractivity contribution is -0.151. The van der Waals surface area contributed by atoms with E-state index < -0.39 is 35.6 Å². The number of amides is 3. The molecule has 10 nitrogen and oxygen atoms in total. The number of hydrogen-bond donors (Lipinski definition) is 1. The van der Waals surface area contributed by atoms with Crippen LogP contribution in [0.2, 0.25) is 0 Å². The topological polar surface area (TPSA) is 103 Å². The van der Waals surface area contributed by atoms with E-state index >= 15 is 0 Å². The minimum Gasteiger partial charge on any atom is -0.394 e. The third-order valence-corrected chi connectivity index (χ3v) is 8.56. The molecule has 0 saturated carbocycles. The first kappa shape index (κ1) is 27.8. The lowest BCUT2D eigenvalue weighted by Crippen LogP contribution is -2.59. The summed E-state index contributed by atoms with van der Waals surface area (Å²) in [5, 5.41) is 10.2. The summed E-state index contributed by atoms with van der Waals surface area (Å²) < 4.78 is 12.0. The number of carbonyl (C=O) groups is 3. The lowest BCUT2D eigenvalue weighted by atomic mass is 9.70. The molecule has 3 amide bonds. The van der Waals surface area contributed by atoms with Gasteiger partial charge in [0, 0.05) is 46.3 Å². The Hall–Kier alpha value is -2.27. The number of hydrogen-bond acceptors (Lipinski definition) is 7. The van der Waals surface area contributed by atoms with Gasteiger partial charge in [-0.25, -0.2) is 0 Å². The molecular weight excluding hydrogens is 476 g/mol. The Balaban J connectivity index is 1.66. The Labute approximate surface area is 219 Å². The first-order valence-electron chi connectivity index (χ1n) is 13.5. The van der Waals surface area contributed by atoms with E-state index in [1.165, 1.54) is 0 Å². The molecule has 4 saturated heterocycles. The molecule has 4 aliphatic heterocycles. The standard InChI is InChI=1S/C27H42N4O6/c1-5-10-28(4)24(33)21-20-8-9-27(37-20)22(21)25(34)31(19(7-3)18-32)23(27)26(35)30(11-6-2)13-12-29-14-16-36-17-15-29/h5-6,19-23,32H,1-2,7-18H2,3-4H3/t19-,20+,21-,22-,23?,27?/m0/s1. The fourth-order valence-electron chi connectivity index (χ4n) is 6.70. The van der Waals surface area contributed by atoms with Gasteiger partial charge in [-0.05, 0) is 19.3 Å². The van der Waals surface area contributed by atoms with E-state index in [1.54, 1.807) is 33.9 Å². The van der Waals surface area contributed by atoms with Crippen LogP contribution in [0, 0.1) is 11.8 Å². The lowest BCUT2D eigenvalue weighted by Gasteiger charge is -2.39. The minimum absolute atomic E-state index is 0.162. The van der Waals surface area contributed by atoms with E-state index in [1.807, 2.05) is 6.92 Å². The average Bonchev–Trinajstić information content (AvgIpc) is 3.55. The molecule has 2 bridgehead atoms. The third-order valence-electron chi connectivity index (χ3n) is 8.56. The van der Waals surface area contributed by atoms with Gasteiger partial charge >= 0.3 is 0 Å². The van der Waals surface area contributed by atoms with Crippen molar-refractivity contribution >= 4 is 17.7 Å². The molecule has 1 N–H and O–H groups in total. The molecular formula is C27H42N4O6. The average molecular weight is 519 g/mol. The number of likely N-dealkylation sites (tertiary alicyclic amines) is 1. The second-order valence-electron chi connectivity index (χ2n) is 10.6. The van der Waals surface area contributed by atoms with Crippen LogP contribution in [0.3, 0.4) is 0 Å². The summed E-state index contributed by atoms with van der Waals surface area (Å²) >= 11 is 0. The summed E-state index contributed by atoms with van der Waals surface area (Å²) in [6, 6.07) is -1.42. The van der Waals surface area contributed by atoms with Crippen molar-refractivity contribution < 1.29 is 29.0 Å². The minimum atomic E-state index is -1.07. The number of morpholine rings is 1. The van der Waals surface area contributed by atoms with E-state index in [9.17, 15) is 19.5 Å². The van der Waals surface area contributed by atoms with Gasteiger partial charge in [-0.1, -0.05) is 19.1 Å². The van der Waals surface area contributed by atoms with Crippen molar-refractivity contribution in [3.63, 3.8) is 0 Å². The zero-order chi connectivity index (χ0) is 26.7. The van der Waals surface area contributed by atoms with Gasteiger partial charge in [-0.15, -0.1) is 13.2 Å². The van der Waals surface area contributed by atoms with Crippen LogP contribution >= 0.6 is 0 Å². The predicted octanol–water partition coefficient (Wildman–Crippen LogP) is 0.123. The number of rotatable bonds is 12. The molecule has 10 heteroatoms. The normalized spacial score (nSPS) is 31.8. The Morgan fingerprint density at radius 2 is 1.92 bits per heavy atom. The molecule has 0 aromatic heterocycles. The van der Waals surface area contributed by atoms with E-state index in [0.717, 1.165) is 13.1 Å². The van der Waals surface area contributed by atoms with Crippen LogP contribution in [-0.2, 0) is 23.9 Å². The van der Waals surface area contributed by atoms with Crippen molar-refractivity contribution in [2.75, 3.05) is 66.1 Å². The van der Waals surface area contributed by atoms with Crippen LogP contribution in [0.1, 0.15) is 26.2 Å². The van der Waals surface area contributed by atoms with Crippen LogP contribution in [0.5, 0.6) is 0 Å². The highest BCUT2D eigenvalue weighted by atomic mass is 16.5. The maximum atomic E-state index is 14.3. The number of carbonyl (C=O) groups excluding carboxylic acids is 3. The molecule has 0 radical (unpaired) electrons. The van der Waals surface area contributed by atoms with Crippen LogP contribution in [0.25, 0.3) is 0 Å². The summed E-state index contributed by atoms with van der Waals surface area (Å²) in [5.74, 6) is -2.03. The monoisotopic (exact) mass is 518 g/mol. The molecule has 0 aromatic rings. The van der Waals surface area contributed by atoms with E-state index in [4.69, 9.17) is 9.47 Å². The van der Waals surface area contributed by atoms with Gasteiger partial charge in [0.1, 0.15) is 11.6 Å². The van der Waals surface area contributed by atoms with Gasteiger partial charge < -0.3 is 29.3 Å². The van der Waals surface area contributed by atoms with Crippen LogP contribution in [-0.4, -0.2) is 132 Å². The SMILES string of the molecule is C=CCN(C)C(=O)[C@@H]1[C@H]2C(=O)N([C@@H](CC)CO)C(C(=O)N(CC=C)CCN3CCOCC3)C23CC[C@H]1O3. The molecule has 2 unspecified atom stereocenters. The van der Waals surface area contributed by atoms with Crippen LogP contribution in [0.4, 0.5) is 0 Å². The van der Waals surface area contributed by atoms with Crippen molar-refractivity contribution in [2.24, 2.45) is 11.8 Å². The molecule has 0 aliphatic carbocycles. The number of likely N-dealkylation sites (N-methyl/N-ethyl adjacent to an activating group) is 1. The highest BCUT2D eigenvalue weighted by Crippen LogP contribution is 2.59. The van der Waals surface area contributed by atoms with E-state index in [-0.39, 0.29) is 24.3 Å². The van der Waals surface area contributed by atoms with Crippen molar-refractivity contribution in [1.29, 1.82) is 0 Å². The highest BCUT2D eigenvalue weighted by Gasteiger charge is 2.75. The highest BCUT2D eigenvalue weighted by molar-refractivity contribution is 5.99. The molecule has 37 heavy (non-hydrogen) atoms. The largest absolute Gasteiger partial charge is 0.394 e. The molecule has 4 fully saturated rings. The van der Waals surface area contributed by atoms with Crippen LogP contribution < -0.4 is 0 Å². The third kappa shape index (κ3) is 4.84. The maximum absolute atomic E-state index is 14.3. The van der Waals surface area contributed by atoms with Crippen LogP contribution in [0.15, 0.2) is 25.3 Å². The summed E-state index contributed by atoms with van der Waals surface area (Å²) in [7, 11) is 1.70. The number of aliphatic hydroxyl groups excluding tert-OH is 1. The fourth-order valence-corrected chi connectivity index (χ4v) is 6.70. The Kier molecular flexibility index (Phi) is 8.73. The van der Waals surface area contributed by atoms with Crippen molar-refractivity contribution in [3.05, 3.63) is 25.3 Å². The Morgan fingerprint density at radius 3 is 2.54 bits per heavy atom. The Bertz CT molecular complexity index is 888. The predicted molar refractivity (Wildman–Crippen MR) is 137 cm³/mol. The summed E-state index contributed by atoms with van der Waals surface area (Å²) in [4.78, 5) is 49.0. The molecule has 4 aliphatic rings. The van der Waals surface area contributed by atoms with E-state index in [0.29, 0.717) is 58.7 Å². The second kappa shape index (κ2) is 11.6. The van der Waals surface area contributed by atoms with Crippen molar-refractivity contribution in [1.82, 2.24) is 19.6 Å². The van der Waals surface area contributed by atoms with Gasteiger partial charge in [-0.2, -0.15) is 0 Å². The second-order valence-corrected chi connectivity index (χ2v) is 10.6. The molecule has 1 spiro atoms. The summed E-state index contributed by atoms with van der Waals surface area (Å²) in [5.41, 5.74) is -1.07. The van der Waals surface area contributed by atoms with Gasteiger partial charge in [0.2, 0.25) is 17.7 Å².